The third kappa shape index (κ3) is 5.13. The first kappa shape index (κ1) is 21.7. The predicted molar refractivity (Wildman–Crippen MR) is 113 cm³/mol. The number of rotatable bonds is 6. The second-order valence-corrected chi connectivity index (χ2v) is 6.98. The van der Waals surface area contributed by atoms with E-state index in [2.05, 4.69) is 15.4 Å². The van der Waals surface area contributed by atoms with E-state index in [4.69, 9.17) is 0 Å². The van der Waals surface area contributed by atoms with E-state index in [9.17, 15) is 24.5 Å². The number of anilines is 2. The van der Waals surface area contributed by atoms with Gasteiger partial charge in [0.1, 0.15) is 5.69 Å². The van der Waals surface area contributed by atoms with Crippen molar-refractivity contribution in [2.45, 2.75) is 12.8 Å². The standard InChI is InChI=1S/C22H21N3O6/c1-31-22(28)14-10-12-15(13-11-14)23-20(26)16-6-2-3-7-17(16)21(27)24-18-8-4-5-9-19(18)25(29)30/h2-5,8-13,16-17H,6-7H2,1H3,(H,23,26)(H,24,27). The lowest BCUT2D eigenvalue weighted by Crippen LogP contribution is -2.37. The van der Waals surface area contributed by atoms with Crippen molar-refractivity contribution >= 4 is 34.8 Å². The summed E-state index contributed by atoms with van der Waals surface area (Å²) in [5.74, 6) is -2.62. The molecule has 9 heteroatoms. The Morgan fingerprint density at radius 1 is 0.935 bits per heavy atom. The van der Waals surface area contributed by atoms with Gasteiger partial charge in [-0.1, -0.05) is 24.3 Å². The maximum absolute atomic E-state index is 12.9. The van der Waals surface area contributed by atoms with Gasteiger partial charge >= 0.3 is 5.97 Å². The van der Waals surface area contributed by atoms with Crippen molar-refractivity contribution in [3.63, 3.8) is 0 Å². The molecule has 9 nitrogen and oxygen atoms in total. The van der Waals surface area contributed by atoms with Crippen LogP contribution in [0.5, 0.6) is 0 Å². The predicted octanol–water partition coefficient (Wildman–Crippen LogP) is 3.54. The van der Waals surface area contributed by atoms with Gasteiger partial charge in [-0.25, -0.2) is 4.79 Å². The van der Waals surface area contributed by atoms with Crippen molar-refractivity contribution in [2.75, 3.05) is 17.7 Å². The van der Waals surface area contributed by atoms with Crippen molar-refractivity contribution in [1.29, 1.82) is 0 Å². The molecule has 0 bridgehead atoms. The van der Waals surface area contributed by atoms with Crippen LogP contribution in [0.25, 0.3) is 0 Å². The number of esters is 1. The first-order chi connectivity index (χ1) is 14.9. The first-order valence-corrected chi connectivity index (χ1v) is 9.59. The molecule has 31 heavy (non-hydrogen) atoms. The smallest absolute Gasteiger partial charge is 0.337 e. The van der Waals surface area contributed by atoms with Crippen LogP contribution < -0.4 is 10.6 Å². The SMILES string of the molecule is COC(=O)c1ccc(NC(=O)C2CC=CCC2C(=O)Nc2ccccc2[N+](=O)[O-])cc1. The maximum atomic E-state index is 12.9. The van der Waals surface area contributed by atoms with Gasteiger partial charge in [0, 0.05) is 11.8 Å². The molecular formula is C22H21N3O6. The van der Waals surface area contributed by atoms with Crippen LogP contribution in [0.15, 0.2) is 60.7 Å². The molecule has 0 saturated heterocycles. The largest absolute Gasteiger partial charge is 0.465 e. The van der Waals surface area contributed by atoms with Crippen molar-refractivity contribution in [2.24, 2.45) is 11.8 Å². The Hall–Kier alpha value is -4.01. The number of carbonyl (C=O) groups excluding carboxylic acids is 3. The average Bonchev–Trinajstić information content (AvgIpc) is 2.79. The van der Waals surface area contributed by atoms with Crippen LogP contribution in [0.1, 0.15) is 23.2 Å². The number of para-hydroxylation sites is 2. The average molecular weight is 423 g/mol. The summed E-state index contributed by atoms with van der Waals surface area (Å²) in [7, 11) is 1.28. The molecule has 0 heterocycles. The topological polar surface area (TPSA) is 128 Å². The molecule has 0 aliphatic heterocycles. The Labute approximate surface area is 178 Å². The zero-order chi connectivity index (χ0) is 22.4. The Bertz CT molecular complexity index is 1030. The summed E-state index contributed by atoms with van der Waals surface area (Å²) in [5.41, 5.74) is 0.700. The number of allylic oxidation sites excluding steroid dienone is 2. The number of ether oxygens (including phenoxy) is 1. The molecule has 3 rings (SSSR count). The normalized spacial score (nSPS) is 17.5. The number of hydrogen-bond donors (Lipinski definition) is 2. The lowest BCUT2D eigenvalue weighted by molar-refractivity contribution is -0.383. The Balaban J connectivity index is 1.72. The van der Waals surface area contributed by atoms with Crippen LogP contribution in [0.3, 0.4) is 0 Å². The van der Waals surface area contributed by atoms with Gasteiger partial charge in [-0.05, 0) is 43.2 Å². The lowest BCUT2D eigenvalue weighted by atomic mass is 9.81. The molecule has 1 aliphatic rings. The highest BCUT2D eigenvalue weighted by molar-refractivity contribution is 6.01. The highest BCUT2D eigenvalue weighted by atomic mass is 16.6. The van der Waals surface area contributed by atoms with Gasteiger partial charge in [0.25, 0.3) is 5.69 Å². The number of hydrogen-bond acceptors (Lipinski definition) is 6. The van der Waals surface area contributed by atoms with E-state index in [1.807, 2.05) is 12.2 Å². The Morgan fingerprint density at radius 2 is 1.52 bits per heavy atom. The minimum atomic E-state index is -0.681. The van der Waals surface area contributed by atoms with E-state index in [0.717, 1.165) is 0 Å². The molecular weight excluding hydrogens is 402 g/mol. The number of nitro benzene ring substituents is 1. The number of nitrogens with zero attached hydrogens (tertiary/aromatic N) is 1. The van der Waals surface area contributed by atoms with E-state index in [-0.39, 0.29) is 17.3 Å². The zero-order valence-corrected chi connectivity index (χ0v) is 16.7. The fourth-order valence-electron chi connectivity index (χ4n) is 3.40. The quantitative estimate of drug-likeness (QED) is 0.317. The Kier molecular flexibility index (Phi) is 6.76. The lowest BCUT2D eigenvalue weighted by Gasteiger charge is -2.26. The van der Waals surface area contributed by atoms with Gasteiger partial charge < -0.3 is 15.4 Å². The van der Waals surface area contributed by atoms with Gasteiger partial charge in [-0.3, -0.25) is 19.7 Å². The first-order valence-electron chi connectivity index (χ1n) is 9.59. The highest BCUT2D eigenvalue weighted by Crippen LogP contribution is 2.30. The van der Waals surface area contributed by atoms with Gasteiger partial charge in [0.2, 0.25) is 11.8 Å². The van der Waals surface area contributed by atoms with E-state index < -0.39 is 28.6 Å². The van der Waals surface area contributed by atoms with Crippen molar-refractivity contribution in [1.82, 2.24) is 0 Å². The van der Waals surface area contributed by atoms with E-state index in [0.29, 0.717) is 24.1 Å². The van der Waals surface area contributed by atoms with Crippen molar-refractivity contribution in [3.05, 3.63) is 76.4 Å². The summed E-state index contributed by atoms with van der Waals surface area (Å²) < 4.78 is 4.64. The molecule has 2 aromatic carbocycles. The number of nitro groups is 1. The second-order valence-electron chi connectivity index (χ2n) is 6.98. The third-order valence-electron chi connectivity index (χ3n) is 5.04. The summed E-state index contributed by atoms with van der Waals surface area (Å²) in [4.78, 5) is 47.9. The number of amides is 2. The van der Waals surface area contributed by atoms with Gasteiger partial charge in [0.15, 0.2) is 0 Å². The van der Waals surface area contributed by atoms with Crippen LogP contribution in [0.2, 0.25) is 0 Å². The summed E-state index contributed by atoms with van der Waals surface area (Å²) in [6.07, 6.45) is 4.35. The monoisotopic (exact) mass is 423 g/mol. The fourth-order valence-corrected chi connectivity index (χ4v) is 3.40. The van der Waals surface area contributed by atoms with E-state index >= 15 is 0 Å². The molecule has 160 valence electrons. The van der Waals surface area contributed by atoms with Gasteiger partial charge in [0.05, 0.1) is 29.4 Å². The minimum absolute atomic E-state index is 0.0876. The molecule has 2 unspecified atom stereocenters. The zero-order valence-electron chi connectivity index (χ0n) is 16.7. The molecule has 0 saturated carbocycles. The number of methoxy groups -OCH3 is 1. The minimum Gasteiger partial charge on any atom is -0.465 e. The Morgan fingerprint density at radius 3 is 2.10 bits per heavy atom. The van der Waals surface area contributed by atoms with Crippen molar-refractivity contribution < 1.29 is 24.0 Å². The number of carbonyl (C=O) groups is 3. The van der Waals surface area contributed by atoms with Gasteiger partial charge in [-0.2, -0.15) is 0 Å². The molecule has 0 aromatic heterocycles. The summed E-state index contributed by atoms with van der Waals surface area (Å²) in [5, 5.41) is 16.5. The molecule has 2 aromatic rings. The summed E-state index contributed by atoms with van der Waals surface area (Å²) in [6, 6.07) is 12.1. The highest BCUT2D eigenvalue weighted by Gasteiger charge is 2.34. The molecule has 0 radical (unpaired) electrons. The second kappa shape index (κ2) is 9.66. The van der Waals surface area contributed by atoms with Gasteiger partial charge in [-0.15, -0.1) is 0 Å². The maximum Gasteiger partial charge on any atom is 0.337 e. The third-order valence-corrected chi connectivity index (χ3v) is 5.04. The van der Waals surface area contributed by atoms with E-state index in [1.165, 1.54) is 37.4 Å². The number of benzene rings is 2. The van der Waals surface area contributed by atoms with E-state index in [1.54, 1.807) is 18.2 Å². The molecule has 2 amide bonds. The summed E-state index contributed by atoms with van der Waals surface area (Å²) in [6.45, 7) is 0. The van der Waals surface area contributed by atoms with Crippen molar-refractivity contribution in [3.8, 4) is 0 Å². The molecule has 0 spiro atoms. The van der Waals surface area contributed by atoms with Crippen LogP contribution >= 0.6 is 0 Å². The molecule has 1 aliphatic carbocycles. The molecule has 2 atom stereocenters. The molecule has 0 fully saturated rings. The fraction of sp³-hybridized carbons (Fsp3) is 0.227. The number of nitrogens with one attached hydrogen (secondary N) is 2. The van der Waals surface area contributed by atoms with Crippen LogP contribution in [0.4, 0.5) is 17.1 Å². The van der Waals surface area contributed by atoms with Crippen LogP contribution in [0, 0.1) is 22.0 Å². The summed E-state index contributed by atoms with van der Waals surface area (Å²) >= 11 is 0. The van der Waals surface area contributed by atoms with Crippen LogP contribution in [-0.4, -0.2) is 29.8 Å². The molecule has 2 N–H and O–H groups in total. The van der Waals surface area contributed by atoms with Crippen LogP contribution in [-0.2, 0) is 14.3 Å².